The van der Waals surface area contributed by atoms with Crippen molar-refractivity contribution in [1.29, 1.82) is 0 Å². The predicted molar refractivity (Wildman–Crippen MR) is 98.6 cm³/mol. The maximum absolute atomic E-state index is 12.7. The number of imidazole rings is 2. The topological polar surface area (TPSA) is 70.1 Å². The Morgan fingerprint density at radius 3 is 2.77 bits per heavy atom. The number of hydrogen-bond acceptors (Lipinski definition) is 4. The summed E-state index contributed by atoms with van der Waals surface area (Å²) in [7, 11) is 0. The van der Waals surface area contributed by atoms with Gasteiger partial charge in [-0.2, -0.15) is 0 Å². The smallest absolute Gasteiger partial charge is 0.242 e. The van der Waals surface area contributed by atoms with Gasteiger partial charge in [0.25, 0.3) is 0 Å². The average Bonchev–Trinajstić information content (AvgIpc) is 3.28. The average molecular weight is 356 g/mol. The summed E-state index contributed by atoms with van der Waals surface area (Å²) in [4.78, 5) is 29.6. The van der Waals surface area contributed by atoms with E-state index in [-0.39, 0.29) is 11.4 Å². The second-order valence-electron chi connectivity index (χ2n) is 7.48. The molecule has 1 amide bonds. The molecule has 7 nitrogen and oxygen atoms in total. The number of aromatic amines is 1. The van der Waals surface area contributed by atoms with E-state index >= 15 is 0 Å². The molecule has 0 aliphatic carbocycles. The van der Waals surface area contributed by atoms with Gasteiger partial charge in [0, 0.05) is 44.1 Å². The summed E-state index contributed by atoms with van der Waals surface area (Å²) in [6.07, 6.45) is 9.56. The van der Waals surface area contributed by atoms with E-state index in [0.717, 1.165) is 57.7 Å². The van der Waals surface area contributed by atoms with Gasteiger partial charge in [-0.3, -0.25) is 9.69 Å². The minimum absolute atomic E-state index is 0.00864. The third kappa shape index (κ3) is 2.84. The molecule has 140 valence electrons. The molecule has 1 N–H and O–H groups in total. The fraction of sp³-hybridized carbons (Fsp3) is 0.632. The van der Waals surface area contributed by atoms with Crippen LogP contribution in [0.3, 0.4) is 0 Å². The lowest BCUT2D eigenvalue weighted by Gasteiger charge is -2.50. The van der Waals surface area contributed by atoms with Crippen LogP contribution in [0.4, 0.5) is 0 Å². The molecule has 0 atom stereocenters. The Kier molecular flexibility index (Phi) is 4.56. The Morgan fingerprint density at radius 2 is 2.08 bits per heavy atom. The van der Waals surface area contributed by atoms with Crippen molar-refractivity contribution in [2.24, 2.45) is 0 Å². The molecular formula is C19H28N6O. The van der Waals surface area contributed by atoms with Crippen LogP contribution in [0.5, 0.6) is 0 Å². The van der Waals surface area contributed by atoms with Gasteiger partial charge in [-0.25, -0.2) is 9.97 Å². The molecule has 1 spiro atoms. The number of hydrogen-bond donors (Lipinski definition) is 1. The number of likely N-dealkylation sites (tertiary alicyclic amines) is 1. The van der Waals surface area contributed by atoms with Gasteiger partial charge in [-0.05, 0) is 32.7 Å². The number of nitrogens with zero attached hydrogens (tertiary/aromatic N) is 5. The van der Waals surface area contributed by atoms with E-state index in [1.807, 2.05) is 28.9 Å². The number of rotatable bonds is 4. The number of carbonyl (C=O) groups is 1. The van der Waals surface area contributed by atoms with Gasteiger partial charge < -0.3 is 14.5 Å². The van der Waals surface area contributed by atoms with Crippen molar-refractivity contribution >= 4 is 5.91 Å². The van der Waals surface area contributed by atoms with Crippen molar-refractivity contribution in [2.75, 3.05) is 26.2 Å². The number of nitrogens with one attached hydrogen (secondary N) is 1. The Hall–Kier alpha value is -2.15. The van der Waals surface area contributed by atoms with Crippen LogP contribution < -0.4 is 0 Å². The molecule has 0 aromatic carbocycles. The van der Waals surface area contributed by atoms with Crippen molar-refractivity contribution in [1.82, 2.24) is 29.3 Å². The molecule has 4 rings (SSSR count). The van der Waals surface area contributed by atoms with E-state index in [1.165, 1.54) is 11.4 Å². The summed E-state index contributed by atoms with van der Waals surface area (Å²) in [6.45, 7) is 8.30. The SMILES string of the molecule is CCCN1CCc2[nH]cnc2C12CCN(C(=O)Cn1ccnc1C)CC2. The first kappa shape index (κ1) is 17.3. The minimum Gasteiger partial charge on any atom is -0.348 e. The molecule has 0 bridgehead atoms. The van der Waals surface area contributed by atoms with E-state index in [1.54, 1.807) is 6.20 Å². The first-order valence-corrected chi connectivity index (χ1v) is 9.67. The summed E-state index contributed by atoms with van der Waals surface area (Å²) in [5, 5.41) is 0. The molecule has 4 heterocycles. The molecule has 7 heteroatoms. The molecular weight excluding hydrogens is 328 g/mol. The third-order valence-corrected chi connectivity index (χ3v) is 6.06. The lowest BCUT2D eigenvalue weighted by molar-refractivity contribution is -0.135. The Bertz CT molecular complexity index is 771. The van der Waals surface area contributed by atoms with E-state index in [0.29, 0.717) is 6.54 Å². The van der Waals surface area contributed by atoms with Crippen LogP contribution in [0, 0.1) is 6.92 Å². The number of piperidine rings is 1. The second-order valence-corrected chi connectivity index (χ2v) is 7.48. The fourth-order valence-electron chi connectivity index (χ4n) is 4.61. The van der Waals surface area contributed by atoms with Crippen LogP contribution in [-0.2, 0) is 23.3 Å². The largest absolute Gasteiger partial charge is 0.348 e. The van der Waals surface area contributed by atoms with E-state index in [4.69, 9.17) is 4.98 Å². The highest BCUT2D eigenvalue weighted by Crippen LogP contribution is 2.42. The molecule has 0 unspecified atom stereocenters. The molecule has 0 saturated carbocycles. The number of amides is 1. The summed E-state index contributed by atoms with van der Waals surface area (Å²) in [5.41, 5.74) is 2.49. The zero-order valence-corrected chi connectivity index (χ0v) is 15.7. The van der Waals surface area contributed by atoms with E-state index in [9.17, 15) is 4.79 Å². The number of H-pyrrole nitrogens is 1. The predicted octanol–water partition coefficient (Wildman–Crippen LogP) is 1.70. The van der Waals surface area contributed by atoms with Crippen molar-refractivity contribution in [2.45, 2.75) is 51.6 Å². The molecule has 1 saturated heterocycles. The van der Waals surface area contributed by atoms with Gasteiger partial charge in [0.15, 0.2) is 0 Å². The van der Waals surface area contributed by atoms with Gasteiger partial charge in [-0.1, -0.05) is 6.92 Å². The van der Waals surface area contributed by atoms with Gasteiger partial charge >= 0.3 is 0 Å². The molecule has 2 aromatic rings. The summed E-state index contributed by atoms with van der Waals surface area (Å²) in [5.74, 6) is 1.07. The van der Waals surface area contributed by atoms with Crippen molar-refractivity contribution < 1.29 is 4.79 Å². The molecule has 2 aromatic heterocycles. The van der Waals surface area contributed by atoms with Gasteiger partial charge in [0.1, 0.15) is 12.4 Å². The first-order valence-electron chi connectivity index (χ1n) is 9.67. The maximum atomic E-state index is 12.7. The summed E-state index contributed by atoms with van der Waals surface area (Å²) in [6, 6.07) is 0. The van der Waals surface area contributed by atoms with Gasteiger partial charge in [0.05, 0.1) is 17.6 Å². The molecule has 2 aliphatic rings. The molecule has 2 aliphatic heterocycles. The van der Waals surface area contributed by atoms with Crippen LogP contribution in [0.25, 0.3) is 0 Å². The molecule has 1 fully saturated rings. The van der Waals surface area contributed by atoms with Crippen molar-refractivity contribution in [3.8, 4) is 0 Å². The highest BCUT2D eigenvalue weighted by molar-refractivity contribution is 5.76. The number of fused-ring (bicyclic) bond motifs is 2. The number of aryl methyl sites for hydroxylation is 1. The number of aromatic nitrogens is 4. The molecule has 0 radical (unpaired) electrons. The lowest BCUT2D eigenvalue weighted by atomic mass is 9.78. The van der Waals surface area contributed by atoms with E-state index < -0.39 is 0 Å². The standard InChI is InChI=1S/C19H28N6O/c1-3-8-25-9-4-16-18(22-14-21-16)19(25)5-10-23(11-6-19)17(26)13-24-12-7-20-15(24)2/h7,12,14H,3-6,8-11,13H2,1-2H3,(H,21,22). The summed E-state index contributed by atoms with van der Waals surface area (Å²) >= 11 is 0. The highest BCUT2D eigenvalue weighted by atomic mass is 16.2. The third-order valence-electron chi connectivity index (χ3n) is 6.06. The lowest BCUT2D eigenvalue weighted by Crippen LogP contribution is -2.57. The Morgan fingerprint density at radius 1 is 1.27 bits per heavy atom. The molecule has 26 heavy (non-hydrogen) atoms. The Balaban J connectivity index is 1.49. The second kappa shape index (κ2) is 6.87. The first-order chi connectivity index (χ1) is 12.6. The zero-order chi connectivity index (χ0) is 18.1. The van der Waals surface area contributed by atoms with Crippen LogP contribution in [0.1, 0.15) is 43.4 Å². The fourth-order valence-corrected chi connectivity index (χ4v) is 4.61. The van der Waals surface area contributed by atoms with Gasteiger partial charge in [0.2, 0.25) is 5.91 Å². The normalized spacial score (nSPS) is 19.7. The van der Waals surface area contributed by atoms with Crippen LogP contribution in [0.2, 0.25) is 0 Å². The van der Waals surface area contributed by atoms with Crippen LogP contribution in [0.15, 0.2) is 18.7 Å². The monoisotopic (exact) mass is 356 g/mol. The Labute approximate surface area is 154 Å². The maximum Gasteiger partial charge on any atom is 0.242 e. The minimum atomic E-state index is -0.00864. The van der Waals surface area contributed by atoms with Gasteiger partial charge in [-0.15, -0.1) is 0 Å². The van der Waals surface area contributed by atoms with E-state index in [2.05, 4.69) is 21.8 Å². The van der Waals surface area contributed by atoms with Crippen LogP contribution in [-0.4, -0.2) is 61.4 Å². The zero-order valence-electron chi connectivity index (χ0n) is 15.7. The van der Waals surface area contributed by atoms with Crippen molar-refractivity contribution in [3.63, 3.8) is 0 Å². The number of carbonyl (C=O) groups excluding carboxylic acids is 1. The highest BCUT2D eigenvalue weighted by Gasteiger charge is 2.46. The quantitative estimate of drug-likeness (QED) is 0.905. The van der Waals surface area contributed by atoms with Crippen molar-refractivity contribution in [3.05, 3.63) is 35.9 Å². The van der Waals surface area contributed by atoms with Crippen LogP contribution >= 0.6 is 0 Å². The summed E-state index contributed by atoms with van der Waals surface area (Å²) < 4.78 is 1.92.